The fourth-order valence-electron chi connectivity index (χ4n) is 1.66. The van der Waals surface area contributed by atoms with E-state index < -0.39 is 31.2 Å². The number of aliphatic hydroxyl groups is 4. The second-order valence-electron chi connectivity index (χ2n) is 4.06. The van der Waals surface area contributed by atoms with Gasteiger partial charge in [-0.25, -0.2) is 9.97 Å². The molecule has 0 saturated carbocycles. The molecule has 2 aromatic rings. The molecule has 1 unspecified atom stereocenters. The lowest BCUT2D eigenvalue weighted by Gasteiger charge is -2.09. The van der Waals surface area contributed by atoms with Gasteiger partial charge in [0, 0.05) is 0 Å². The third kappa shape index (κ3) is 2.84. The highest BCUT2D eigenvalue weighted by Gasteiger charge is 2.41. The highest BCUT2D eigenvalue weighted by molar-refractivity contribution is 5.67. The molecule has 10 heteroatoms. The molecule has 10 nitrogen and oxygen atoms in total. The molecular weight excluding hydrogens is 272 g/mol. The van der Waals surface area contributed by atoms with Gasteiger partial charge >= 0.3 is 0 Å². The van der Waals surface area contributed by atoms with Crippen LogP contribution >= 0.6 is 0 Å². The Balaban J connectivity index is 0.000000147. The van der Waals surface area contributed by atoms with E-state index in [4.69, 9.17) is 20.4 Å². The van der Waals surface area contributed by atoms with Crippen LogP contribution in [-0.4, -0.2) is 71.6 Å². The summed E-state index contributed by atoms with van der Waals surface area (Å²) in [4.78, 5) is 23.6. The largest absolute Gasteiger partial charge is 0.394 e. The Morgan fingerprint density at radius 3 is 2.25 bits per heavy atom. The number of aromatic amines is 2. The van der Waals surface area contributed by atoms with Gasteiger partial charge in [0.25, 0.3) is 5.56 Å². The van der Waals surface area contributed by atoms with Crippen LogP contribution in [0.3, 0.4) is 0 Å². The number of hydrogen-bond donors (Lipinski definition) is 6. The molecule has 1 aliphatic rings. The lowest BCUT2D eigenvalue weighted by atomic mass is 10.1. The number of nitrogens with zero attached hydrogens (tertiary/aromatic N) is 2. The fourth-order valence-corrected chi connectivity index (χ4v) is 1.66. The van der Waals surface area contributed by atoms with E-state index in [1.54, 1.807) is 0 Å². The van der Waals surface area contributed by atoms with E-state index in [-0.39, 0.29) is 5.56 Å². The topological polar surface area (TPSA) is 165 Å². The molecule has 1 fully saturated rings. The number of nitrogens with one attached hydrogen (secondary N) is 2. The highest BCUT2D eigenvalue weighted by Crippen LogP contribution is 2.18. The standard InChI is InChI=1S/C5H4N4O.C5H10O5/c10-5-3-4(7-1-6-3)8-2-9-5;6-1-2-3(7)4(8)5(9)10-2/h1-2H,(H2,6,7,8,9,10);2-9H,1H2/t;2-,3-,4-,5?/m.1/s1. The van der Waals surface area contributed by atoms with Crippen molar-refractivity contribution in [2.24, 2.45) is 0 Å². The van der Waals surface area contributed by atoms with Crippen LogP contribution in [0.1, 0.15) is 0 Å². The molecule has 1 saturated heterocycles. The maximum absolute atomic E-state index is 10.9. The fraction of sp³-hybridized carbons (Fsp3) is 0.500. The van der Waals surface area contributed by atoms with Crippen LogP contribution in [0.2, 0.25) is 0 Å². The molecule has 0 aromatic carbocycles. The third-order valence-electron chi connectivity index (χ3n) is 2.75. The molecular formula is C10H14N4O6. The summed E-state index contributed by atoms with van der Waals surface area (Å²) in [5.74, 6) is 0. The van der Waals surface area contributed by atoms with Crippen LogP contribution in [0.15, 0.2) is 17.4 Å². The number of ether oxygens (including phenoxy) is 1. The molecule has 4 atom stereocenters. The highest BCUT2D eigenvalue weighted by atomic mass is 16.6. The van der Waals surface area contributed by atoms with Crippen molar-refractivity contribution in [1.29, 1.82) is 0 Å². The van der Waals surface area contributed by atoms with Gasteiger partial charge in [0.1, 0.15) is 18.3 Å². The van der Waals surface area contributed by atoms with Gasteiger partial charge in [-0.15, -0.1) is 0 Å². The molecule has 3 heterocycles. The van der Waals surface area contributed by atoms with Crippen molar-refractivity contribution >= 4 is 11.2 Å². The SMILES string of the molecule is O=c1[nH]cnc2nc[nH]c12.OC[C@H]1OC(O)[C@H](O)[C@@H]1O. The molecule has 0 aliphatic carbocycles. The number of rotatable bonds is 1. The van der Waals surface area contributed by atoms with E-state index in [1.807, 2.05) is 0 Å². The summed E-state index contributed by atoms with van der Waals surface area (Å²) in [5.41, 5.74) is 0.675. The van der Waals surface area contributed by atoms with Crippen molar-refractivity contribution in [3.63, 3.8) is 0 Å². The number of imidazole rings is 1. The van der Waals surface area contributed by atoms with Gasteiger partial charge in [-0.1, -0.05) is 0 Å². The number of aliphatic hydroxyl groups excluding tert-OH is 4. The van der Waals surface area contributed by atoms with Crippen molar-refractivity contribution in [3.8, 4) is 0 Å². The first-order valence-electron chi connectivity index (χ1n) is 5.72. The first-order chi connectivity index (χ1) is 9.54. The van der Waals surface area contributed by atoms with Crippen molar-refractivity contribution in [1.82, 2.24) is 19.9 Å². The normalized spacial score (nSPS) is 29.2. The summed E-state index contributed by atoms with van der Waals surface area (Å²) < 4.78 is 4.54. The zero-order chi connectivity index (χ0) is 14.7. The minimum atomic E-state index is -1.38. The van der Waals surface area contributed by atoms with Gasteiger partial charge in [-0.2, -0.15) is 0 Å². The van der Waals surface area contributed by atoms with Crippen molar-refractivity contribution in [2.45, 2.75) is 24.6 Å². The van der Waals surface area contributed by atoms with E-state index >= 15 is 0 Å². The summed E-state index contributed by atoms with van der Waals surface area (Å²) >= 11 is 0. The molecule has 6 N–H and O–H groups in total. The summed E-state index contributed by atoms with van der Waals surface area (Å²) in [6, 6.07) is 0. The van der Waals surface area contributed by atoms with Gasteiger partial charge in [0.15, 0.2) is 17.5 Å². The Hall–Kier alpha value is -1.85. The van der Waals surface area contributed by atoms with Crippen LogP contribution < -0.4 is 5.56 Å². The van der Waals surface area contributed by atoms with Gasteiger partial charge < -0.3 is 35.1 Å². The minimum absolute atomic E-state index is 0.192. The Morgan fingerprint density at radius 2 is 1.80 bits per heavy atom. The van der Waals surface area contributed by atoms with Crippen LogP contribution in [0.25, 0.3) is 11.2 Å². The molecule has 110 valence electrons. The summed E-state index contributed by atoms with van der Waals surface area (Å²) in [6.45, 7) is -0.407. The maximum atomic E-state index is 10.9. The average Bonchev–Trinajstić information content (AvgIpc) is 3.01. The van der Waals surface area contributed by atoms with E-state index in [1.165, 1.54) is 12.7 Å². The number of hydrogen-bond acceptors (Lipinski definition) is 8. The monoisotopic (exact) mass is 286 g/mol. The van der Waals surface area contributed by atoms with Gasteiger partial charge in [-0.05, 0) is 0 Å². The molecule has 0 bridgehead atoms. The second-order valence-corrected chi connectivity index (χ2v) is 4.06. The van der Waals surface area contributed by atoms with Crippen LogP contribution in [0.4, 0.5) is 0 Å². The van der Waals surface area contributed by atoms with Gasteiger partial charge in [0.2, 0.25) is 0 Å². The molecule has 0 spiro atoms. The van der Waals surface area contributed by atoms with Crippen LogP contribution in [0, 0.1) is 0 Å². The summed E-state index contributed by atoms with van der Waals surface area (Å²) in [5, 5.41) is 35.0. The number of fused-ring (bicyclic) bond motifs is 1. The smallest absolute Gasteiger partial charge is 0.276 e. The predicted octanol–water partition coefficient (Wildman–Crippen LogP) is -2.94. The predicted molar refractivity (Wildman–Crippen MR) is 64.5 cm³/mol. The summed E-state index contributed by atoms with van der Waals surface area (Å²) in [6.07, 6.45) is -1.99. The Morgan fingerprint density at radius 1 is 1.15 bits per heavy atom. The first kappa shape index (κ1) is 14.6. The number of aromatic nitrogens is 4. The van der Waals surface area contributed by atoms with E-state index in [0.29, 0.717) is 11.2 Å². The molecule has 2 aromatic heterocycles. The quantitative estimate of drug-likeness (QED) is 0.324. The Bertz CT molecular complexity index is 613. The summed E-state index contributed by atoms with van der Waals surface area (Å²) in [7, 11) is 0. The lowest BCUT2D eigenvalue weighted by Crippen LogP contribution is -2.33. The maximum Gasteiger partial charge on any atom is 0.276 e. The zero-order valence-electron chi connectivity index (χ0n) is 10.2. The number of H-pyrrole nitrogens is 2. The van der Waals surface area contributed by atoms with Crippen molar-refractivity contribution in [3.05, 3.63) is 23.0 Å². The van der Waals surface area contributed by atoms with Crippen molar-refractivity contribution in [2.75, 3.05) is 6.61 Å². The van der Waals surface area contributed by atoms with E-state index in [9.17, 15) is 4.79 Å². The molecule has 3 rings (SSSR count). The molecule has 0 radical (unpaired) electrons. The molecule has 0 amide bonds. The van der Waals surface area contributed by atoms with Crippen LogP contribution in [-0.2, 0) is 4.74 Å². The van der Waals surface area contributed by atoms with Crippen molar-refractivity contribution < 1.29 is 25.2 Å². The molecule has 1 aliphatic heterocycles. The second kappa shape index (κ2) is 6.07. The Labute approximate surface area is 111 Å². The third-order valence-corrected chi connectivity index (χ3v) is 2.75. The van der Waals surface area contributed by atoms with Gasteiger partial charge in [0.05, 0.1) is 19.3 Å². The van der Waals surface area contributed by atoms with Crippen LogP contribution in [0.5, 0.6) is 0 Å². The van der Waals surface area contributed by atoms with E-state index in [0.717, 1.165) is 0 Å². The average molecular weight is 286 g/mol. The van der Waals surface area contributed by atoms with Gasteiger partial charge in [-0.3, -0.25) is 4.79 Å². The zero-order valence-corrected chi connectivity index (χ0v) is 10.2. The minimum Gasteiger partial charge on any atom is -0.394 e. The lowest BCUT2D eigenvalue weighted by molar-refractivity contribution is -0.132. The first-order valence-corrected chi connectivity index (χ1v) is 5.72. The Kier molecular flexibility index (Phi) is 4.42. The van der Waals surface area contributed by atoms with E-state index in [2.05, 4.69) is 24.7 Å². The molecule has 20 heavy (non-hydrogen) atoms.